The second-order valence-electron chi connectivity index (χ2n) is 4.48. The minimum absolute atomic E-state index is 0.663. The second kappa shape index (κ2) is 5.59. The van der Waals surface area contributed by atoms with Crippen LogP contribution in [0.5, 0.6) is 0 Å². The standard InChI is InChI=1S/C11H20N4S/c1-15(8-4-2-3-7-12)11-13-10(14-16-11)9-5-6-9/h9H,2-8,12H2,1H3. The van der Waals surface area contributed by atoms with Gasteiger partial charge in [0.2, 0.25) is 5.13 Å². The highest BCUT2D eigenvalue weighted by atomic mass is 32.1. The zero-order valence-corrected chi connectivity index (χ0v) is 10.7. The highest BCUT2D eigenvalue weighted by Gasteiger charge is 2.28. The van der Waals surface area contributed by atoms with E-state index in [2.05, 4.69) is 21.3 Å². The van der Waals surface area contributed by atoms with Crippen molar-refractivity contribution in [2.24, 2.45) is 5.73 Å². The molecule has 0 aromatic carbocycles. The first-order valence-corrected chi connectivity index (χ1v) is 6.83. The van der Waals surface area contributed by atoms with Crippen LogP contribution in [0, 0.1) is 0 Å². The molecular formula is C11H20N4S. The number of hydrogen-bond acceptors (Lipinski definition) is 5. The molecule has 4 nitrogen and oxygen atoms in total. The van der Waals surface area contributed by atoms with Crippen molar-refractivity contribution in [2.75, 3.05) is 25.0 Å². The number of rotatable bonds is 7. The molecule has 16 heavy (non-hydrogen) atoms. The van der Waals surface area contributed by atoms with Gasteiger partial charge in [0.05, 0.1) is 0 Å². The molecule has 0 bridgehead atoms. The van der Waals surface area contributed by atoms with E-state index in [-0.39, 0.29) is 0 Å². The lowest BCUT2D eigenvalue weighted by Crippen LogP contribution is -2.18. The van der Waals surface area contributed by atoms with Gasteiger partial charge in [0.15, 0.2) is 0 Å². The van der Waals surface area contributed by atoms with Gasteiger partial charge >= 0.3 is 0 Å². The molecular weight excluding hydrogens is 220 g/mol. The van der Waals surface area contributed by atoms with Gasteiger partial charge in [-0.25, -0.2) is 4.98 Å². The number of anilines is 1. The smallest absolute Gasteiger partial charge is 0.204 e. The topological polar surface area (TPSA) is 55.0 Å². The molecule has 1 aliphatic carbocycles. The number of nitrogens with zero attached hydrogens (tertiary/aromatic N) is 3. The summed E-state index contributed by atoms with van der Waals surface area (Å²) in [6, 6.07) is 0. The van der Waals surface area contributed by atoms with Crippen LogP contribution in [0.15, 0.2) is 0 Å². The molecule has 0 saturated heterocycles. The molecule has 0 atom stereocenters. The van der Waals surface area contributed by atoms with Crippen molar-refractivity contribution >= 4 is 16.7 Å². The van der Waals surface area contributed by atoms with E-state index in [9.17, 15) is 0 Å². The van der Waals surface area contributed by atoms with Crippen molar-refractivity contribution in [3.05, 3.63) is 5.82 Å². The van der Waals surface area contributed by atoms with Crippen molar-refractivity contribution < 1.29 is 0 Å². The van der Waals surface area contributed by atoms with Crippen LogP contribution in [0.2, 0.25) is 0 Å². The quantitative estimate of drug-likeness (QED) is 0.740. The molecule has 1 aromatic heterocycles. The van der Waals surface area contributed by atoms with E-state index < -0.39 is 0 Å². The number of aromatic nitrogens is 2. The van der Waals surface area contributed by atoms with Gasteiger partial charge in [-0.05, 0) is 32.2 Å². The summed E-state index contributed by atoms with van der Waals surface area (Å²) < 4.78 is 4.41. The van der Waals surface area contributed by atoms with Crippen molar-refractivity contribution in [1.82, 2.24) is 9.36 Å². The number of unbranched alkanes of at least 4 members (excludes halogenated alkanes) is 2. The monoisotopic (exact) mass is 240 g/mol. The lowest BCUT2D eigenvalue weighted by atomic mass is 10.2. The van der Waals surface area contributed by atoms with Crippen LogP contribution in [0.3, 0.4) is 0 Å². The Kier molecular flexibility index (Phi) is 4.12. The average molecular weight is 240 g/mol. The van der Waals surface area contributed by atoms with Crippen LogP contribution in [-0.4, -0.2) is 29.5 Å². The van der Waals surface area contributed by atoms with Crippen LogP contribution in [0.1, 0.15) is 43.8 Å². The van der Waals surface area contributed by atoms with E-state index in [4.69, 9.17) is 5.73 Å². The van der Waals surface area contributed by atoms with Crippen LogP contribution < -0.4 is 10.6 Å². The Balaban J connectivity index is 1.76. The Morgan fingerprint density at radius 3 is 2.88 bits per heavy atom. The van der Waals surface area contributed by atoms with Gasteiger partial charge in [-0.1, -0.05) is 6.42 Å². The van der Waals surface area contributed by atoms with E-state index in [1.54, 1.807) is 0 Å². The minimum atomic E-state index is 0.663. The normalized spacial score (nSPS) is 15.4. The molecule has 1 aromatic rings. The third kappa shape index (κ3) is 3.15. The maximum atomic E-state index is 5.47. The SMILES string of the molecule is CN(CCCCCN)c1nc(C2CC2)ns1. The summed E-state index contributed by atoms with van der Waals surface area (Å²) in [6.45, 7) is 1.85. The largest absolute Gasteiger partial charge is 0.350 e. The van der Waals surface area contributed by atoms with Gasteiger partial charge in [-0.15, -0.1) is 0 Å². The maximum Gasteiger partial charge on any atom is 0.204 e. The van der Waals surface area contributed by atoms with Crippen LogP contribution in [0.25, 0.3) is 0 Å². The summed E-state index contributed by atoms with van der Waals surface area (Å²) in [5.74, 6) is 1.73. The van der Waals surface area contributed by atoms with Gasteiger partial charge < -0.3 is 10.6 Å². The van der Waals surface area contributed by atoms with Crippen molar-refractivity contribution in [3.8, 4) is 0 Å². The number of nitrogens with two attached hydrogens (primary N) is 1. The Labute approximate surface area is 101 Å². The summed E-state index contributed by atoms with van der Waals surface area (Å²) in [6.07, 6.45) is 6.06. The molecule has 0 unspecified atom stereocenters. The Bertz CT molecular complexity index is 322. The fourth-order valence-electron chi connectivity index (χ4n) is 1.65. The van der Waals surface area contributed by atoms with Crippen molar-refractivity contribution in [1.29, 1.82) is 0 Å². The fraction of sp³-hybridized carbons (Fsp3) is 0.818. The summed E-state index contributed by atoms with van der Waals surface area (Å²) in [7, 11) is 2.10. The van der Waals surface area contributed by atoms with Gasteiger partial charge in [0, 0.05) is 31.0 Å². The van der Waals surface area contributed by atoms with Crippen LogP contribution in [-0.2, 0) is 0 Å². The molecule has 5 heteroatoms. The molecule has 2 rings (SSSR count). The third-order valence-corrected chi connectivity index (χ3v) is 3.74. The van der Waals surface area contributed by atoms with Gasteiger partial charge in [-0.3, -0.25) is 0 Å². The van der Waals surface area contributed by atoms with Gasteiger partial charge in [0.25, 0.3) is 0 Å². The lowest BCUT2D eigenvalue weighted by Gasteiger charge is -2.14. The highest BCUT2D eigenvalue weighted by Crippen LogP contribution is 2.39. The predicted molar refractivity (Wildman–Crippen MR) is 68.1 cm³/mol. The molecule has 0 radical (unpaired) electrons. The molecule has 0 amide bonds. The van der Waals surface area contributed by atoms with Crippen LogP contribution >= 0.6 is 11.5 Å². The zero-order valence-electron chi connectivity index (χ0n) is 9.85. The Morgan fingerprint density at radius 2 is 2.19 bits per heavy atom. The predicted octanol–water partition coefficient (Wildman–Crippen LogP) is 1.98. The summed E-state index contributed by atoms with van der Waals surface area (Å²) in [4.78, 5) is 6.79. The van der Waals surface area contributed by atoms with Crippen molar-refractivity contribution in [3.63, 3.8) is 0 Å². The number of hydrogen-bond donors (Lipinski definition) is 1. The zero-order chi connectivity index (χ0) is 11.4. The summed E-state index contributed by atoms with van der Waals surface area (Å²) >= 11 is 1.53. The second-order valence-corrected chi connectivity index (χ2v) is 5.21. The van der Waals surface area contributed by atoms with Gasteiger partial charge in [0.1, 0.15) is 5.82 Å². The maximum absolute atomic E-state index is 5.47. The Morgan fingerprint density at radius 1 is 1.38 bits per heavy atom. The summed E-state index contributed by atoms with van der Waals surface area (Å²) in [5, 5.41) is 1.06. The highest BCUT2D eigenvalue weighted by molar-refractivity contribution is 7.09. The van der Waals surface area contributed by atoms with E-state index in [1.807, 2.05) is 0 Å². The first-order valence-electron chi connectivity index (χ1n) is 6.06. The van der Waals surface area contributed by atoms with E-state index in [1.165, 1.54) is 37.2 Å². The minimum Gasteiger partial charge on any atom is -0.350 e. The molecule has 0 spiro atoms. The molecule has 1 saturated carbocycles. The lowest BCUT2D eigenvalue weighted by molar-refractivity contribution is 0.678. The van der Waals surface area contributed by atoms with E-state index in [0.29, 0.717) is 5.92 Å². The molecule has 1 aliphatic rings. The first-order chi connectivity index (χ1) is 7.81. The fourth-order valence-corrected chi connectivity index (χ4v) is 2.38. The van der Waals surface area contributed by atoms with E-state index >= 15 is 0 Å². The Hall–Kier alpha value is -0.680. The van der Waals surface area contributed by atoms with Crippen LogP contribution in [0.4, 0.5) is 5.13 Å². The molecule has 2 N–H and O–H groups in total. The van der Waals surface area contributed by atoms with Crippen molar-refractivity contribution in [2.45, 2.75) is 38.0 Å². The van der Waals surface area contributed by atoms with Gasteiger partial charge in [-0.2, -0.15) is 4.37 Å². The third-order valence-electron chi connectivity index (χ3n) is 2.90. The first kappa shape index (κ1) is 11.8. The summed E-state index contributed by atoms with van der Waals surface area (Å²) in [5.41, 5.74) is 5.47. The molecule has 1 heterocycles. The molecule has 0 aliphatic heterocycles. The molecule has 1 fully saturated rings. The average Bonchev–Trinajstić information content (AvgIpc) is 3.02. The van der Waals surface area contributed by atoms with E-state index in [0.717, 1.165) is 30.5 Å². The molecule has 90 valence electrons.